The quantitative estimate of drug-likeness (QED) is 0.365. The number of likely N-dealkylation sites (N-methyl/N-ethyl adjacent to an activating group) is 1. The van der Waals surface area contributed by atoms with Crippen LogP contribution in [0.4, 0.5) is 0 Å². The Bertz CT molecular complexity index is 740. The molecule has 0 aliphatic carbocycles. The molecule has 2 aliphatic rings. The van der Waals surface area contributed by atoms with Gasteiger partial charge in [0.25, 0.3) is 0 Å². The van der Waals surface area contributed by atoms with Crippen LogP contribution in [0.15, 0.2) is 29.3 Å². The Hall–Kier alpha value is -2.16. The number of morpholine rings is 1. The number of piperazine rings is 1. The van der Waals surface area contributed by atoms with Gasteiger partial charge in [-0.2, -0.15) is 0 Å². The van der Waals surface area contributed by atoms with Crippen molar-refractivity contribution in [3.63, 3.8) is 0 Å². The molecule has 1 N–H and O–H groups in total. The summed E-state index contributed by atoms with van der Waals surface area (Å²) in [6.45, 7) is 12.7. The first-order chi connectivity index (χ1) is 15.5. The molecular weight excluding hydrogens is 404 g/mol. The van der Waals surface area contributed by atoms with E-state index in [0.717, 1.165) is 84.5 Å². The summed E-state index contributed by atoms with van der Waals surface area (Å²) in [6, 6.07) is 8.75. The Morgan fingerprint density at radius 1 is 1.09 bits per heavy atom. The lowest BCUT2D eigenvalue weighted by atomic mass is 10.1. The van der Waals surface area contributed by atoms with Crippen LogP contribution in [-0.4, -0.2) is 118 Å². The third-order valence-electron chi connectivity index (χ3n) is 6.06. The van der Waals surface area contributed by atoms with Crippen molar-refractivity contribution in [2.75, 3.05) is 86.2 Å². The van der Waals surface area contributed by atoms with E-state index in [9.17, 15) is 4.79 Å². The van der Waals surface area contributed by atoms with Gasteiger partial charge in [0.1, 0.15) is 6.54 Å². The van der Waals surface area contributed by atoms with E-state index < -0.39 is 0 Å². The average molecular weight is 445 g/mol. The van der Waals surface area contributed by atoms with Crippen LogP contribution >= 0.6 is 0 Å². The van der Waals surface area contributed by atoms with Gasteiger partial charge < -0.3 is 19.9 Å². The second-order valence-corrected chi connectivity index (χ2v) is 8.91. The van der Waals surface area contributed by atoms with E-state index in [0.29, 0.717) is 0 Å². The monoisotopic (exact) mass is 444 g/mol. The van der Waals surface area contributed by atoms with Crippen molar-refractivity contribution in [1.29, 1.82) is 0 Å². The van der Waals surface area contributed by atoms with Crippen LogP contribution in [0.5, 0.6) is 0 Å². The number of hydrogen-bond donors (Lipinski definition) is 1. The number of rotatable bonds is 8. The van der Waals surface area contributed by atoms with Gasteiger partial charge in [-0.05, 0) is 25.5 Å². The van der Waals surface area contributed by atoms with Crippen molar-refractivity contribution in [3.8, 4) is 0 Å². The van der Waals surface area contributed by atoms with Crippen LogP contribution in [0.25, 0.3) is 0 Å². The van der Waals surface area contributed by atoms with Crippen molar-refractivity contribution >= 4 is 11.9 Å². The fraction of sp³-hybridized carbons (Fsp3) is 0.667. The summed E-state index contributed by atoms with van der Waals surface area (Å²) in [5, 5.41) is 3.52. The second kappa shape index (κ2) is 12.8. The van der Waals surface area contributed by atoms with Crippen LogP contribution in [0.2, 0.25) is 0 Å². The number of guanidine groups is 1. The lowest BCUT2D eigenvalue weighted by Gasteiger charge is -2.36. The van der Waals surface area contributed by atoms with Gasteiger partial charge in [-0.3, -0.25) is 14.6 Å². The molecule has 2 fully saturated rings. The number of ether oxygens (including phenoxy) is 1. The normalized spacial score (nSPS) is 18.6. The first-order valence-electron chi connectivity index (χ1n) is 11.8. The number of amides is 1. The zero-order valence-corrected chi connectivity index (χ0v) is 20.1. The molecule has 2 saturated heterocycles. The Morgan fingerprint density at radius 2 is 1.84 bits per heavy atom. The first-order valence-corrected chi connectivity index (χ1v) is 11.8. The van der Waals surface area contributed by atoms with E-state index in [-0.39, 0.29) is 12.5 Å². The predicted molar refractivity (Wildman–Crippen MR) is 129 cm³/mol. The Morgan fingerprint density at radius 3 is 2.53 bits per heavy atom. The van der Waals surface area contributed by atoms with E-state index in [1.807, 2.05) is 0 Å². The SMILES string of the molecule is Cc1cccc(CN2CCN(C(=NCC(=O)N(C)C)NCCCN3CCOCC3)CC2)c1. The lowest BCUT2D eigenvalue weighted by Crippen LogP contribution is -2.52. The van der Waals surface area contributed by atoms with E-state index in [2.05, 4.69) is 56.2 Å². The molecule has 0 bridgehead atoms. The summed E-state index contributed by atoms with van der Waals surface area (Å²) in [5.41, 5.74) is 2.67. The summed E-state index contributed by atoms with van der Waals surface area (Å²) in [5.74, 6) is 0.882. The average Bonchev–Trinajstić information content (AvgIpc) is 2.79. The zero-order valence-electron chi connectivity index (χ0n) is 20.1. The molecule has 178 valence electrons. The maximum absolute atomic E-state index is 12.1. The second-order valence-electron chi connectivity index (χ2n) is 8.91. The molecule has 0 spiro atoms. The predicted octanol–water partition coefficient (Wildman–Crippen LogP) is 0.869. The summed E-state index contributed by atoms with van der Waals surface area (Å²) < 4.78 is 5.43. The van der Waals surface area contributed by atoms with Crippen molar-refractivity contribution in [3.05, 3.63) is 35.4 Å². The molecular formula is C24H40N6O2. The number of aliphatic imine (C=N–C) groups is 1. The highest BCUT2D eigenvalue weighted by molar-refractivity contribution is 5.84. The summed E-state index contributed by atoms with van der Waals surface area (Å²) >= 11 is 0. The third-order valence-corrected chi connectivity index (χ3v) is 6.06. The van der Waals surface area contributed by atoms with Crippen LogP contribution < -0.4 is 5.32 Å². The van der Waals surface area contributed by atoms with Gasteiger partial charge in [0, 0.05) is 66.5 Å². The Labute approximate surface area is 193 Å². The largest absolute Gasteiger partial charge is 0.379 e. The van der Waals surface area contributed by atoms with Crippen LogP contribution in [-0.2, 0) is 16.1 Å². The molecule has 1 aromatic carbocycles. The van der Waals surface area contributed by atoms with E-state index in [1.165, 1.54) is 11.1 Å². The summed E-state index contributed by atoms with van der Waals surface area (Å²) in [6.07, 6.45) is 1.05. The molecule has 32 heavy (non-hydrogen) atoms. The Balaban J connectivity index is 1.49. The molecule has 1 aromatic rings. The number of aryl methyl sites for hydroxylation is 1. The maximum atomic E-state index is 12.1. The van der Waals surface area contributed by atoms with Gasteiger partial charge >= 0.3 is 0 Å². The van der Waals surface area contributed by atoms with Crippen LogP contribution in [0.3, 0.4) is 0 Å². The van der Waals surface area contributed by atoms with Gasteiger partial charge in [-0.25, -0.2) is 4.99 Å². The molecule has 8 heteroatoms. The third kappa shape index (κ3) is 8.07. The number of nitrogens with zero attached hydrogens (tertiary/aromatic N) is 5. The van der Waals surface area contributed by atoms with Crippen molar-refractivity contribution in [2.45, 2.75) is 19.9 Å². The summed E-state index contributed by atoms with van der Waals surface area (Å²) in [4.78, 5) is 25.6. The molecule has 2 aliphatic heterocycles. The molecule has 0 atom stereocenters. The summed E-state index contributed by atoms with van der Waals surface area (Å²) in [7, 11) is 3.55. The number of carbonyl (C=O) groups excluding carboxylic acids is 1. The number of hydrogen-bond acceptors (Lipinski definition) is 5. The highest BCUT2D eigenvalue weighted by atomic mass is 16.5. The van der Waals surface area contributed by atoms with Gasteiger partial charge in [0.2, 0.25) is 5.91 Å². The molecule has 2 heterocycles. The zero-order chi connectivity index (χ0) is 22.8. The van der Waals surface area contributed by atoms with Crippen LogP contribution in [0.1, 0.15) is 17.5 Å². The van der Waals surface area contributed by atoms with E-state index >= 15 is 0 Å². The maximum Gasteiger partial charge on any atom is 0.243 e. The minimum atomic E-state index is 0.0238. The highest BCUT2D eigenvalue weighted by Gasteiger charge is 2.20. The molecule has 0 radical (unpaired) electrons. The fourth-order valence-corrected chi connectivity index (χ4v) is 4.07. The number of nitrogens with one attached hydrogen (secondary N) is 1. The fourth-order valence-electron chi connectivity index (χ4n) is 4.07. The van der Waals surface area contributed by atoms with Crippen molar-refractivity contribution in [2.24, 2.45) is 4.99 Å². The van der Waals surface area contributed by atoms with Crippen LogP contribution in [0, 0.1) is 6.92 Å². The molecule has 0 aromatic heterocycles. The highest BCUT2D eigenvalue weighted by Crippen LogP contribution is 2.11. The van der Waals surface area contributed by atoms with Gasteiger partial charge in [0.15, 0.2) is 5.96 Å². The number of benzene rings is 1. The standard InChI is InChI=1S/C24H40N6O2/c1-21-6-4-7-22(18-21)20-29-10-12-30(13-11-29)24(26-19-23(31)27(2)3)25-8-5-9-28-14-16-32-17-15-28/h4,6-7,18H,5,8-17,19-20H2,1-3H3,(H,25,26). The van der Waals surface area contributed by atoms with Crippen molar-refractivity contribution < 1.29 is 9.53 Å². The van der Waals surface area contributed by atoms with Crippen molar-refractivity contribution in [1.82, 2.24) is 24.9 Å². The molecule has 3 rings (SSSR count). The molecule has 8 nitrogen and oxygen atoms in total. The van der Waals surface area contributed by atoms with Gasteiger partial charge in [-0.15, -0.1) is 0 Å². The first kappa shape index (κ1) is 24.5. The van der Waals surface area contributed by atoms with E-state index in [1.54, 1.807) is 19.0 Å². The smallest absolute Gasteiger partial charge is 0.243 e. The number of carbonyl (C=O) groups is 1. The van der Waals surface area contributed by atoms with Gasteiger partial charge in [-0.1, -0.05) is 29.8 Å². The van der Waals surface area contributed by atoms with Gasteiger partial charge in [0.05, 0.1) is 13.2 Å². The topological polar surface area (TPSA) is 63.7 Å². The minimum absolute atomic E-state index is 0.0238. The molecule has 0 saturated carbocycles. The molecule has 1 amide bonds. The Kier molecular flexibility index (Phi) is 9.77. The lowest BCUT2D eigenvalue weighted by molar-refractivity contribution is -0.127. The van der Waals surface area contributed by atoms with E-state index in [4.69, 9.17) is 4.74 Å². The minimum Gasteiger partial charge on any atom is -0.379 e. The molecule has 0 unspecified atom stereocenters.